The van der Waals surface area contributed by atoms with Crippen molar-refractivity contribution in [3.05, 3.63) is 65.0 Å². The fraction of sp³-hybridized carbons (Fsp3) is 0.235. The Morgan fingerprint density at radius 3 is 3.00 bits per heavy atom. The second-order valence-corrected chi connectivity index (χ2v) is 5.23. The van der Waals surface area contributed by atoms with E-state index >= 15 is 0 Å². The molecular weight excluding hydrogens is 262 g/mol. The molecule has 4 nitrogen and oxygen atoms in total. The van der Waals surface area contributed by atoms with Crippen LogP contribution in [0.3, 0.4) is 0 Å². The van der Waals surface area contributed by atoms with Crippen LogP contribution in [0.5, 0.6) is 0 Å². The molecule has 1 aliphatic rings. The number of pyridine rings is 1. The number of fused-ring (bicyclic) bond motifs is 1. The molecule has 0 radical (unpaired) electrons. The van der Waals surface area contributed by atoms with Gasteiger partial charge in [0.25, 0.3) is 5.91 Å². The standard InChI is InChI=1S/C17H17N3O/c1-12-5-2-7-14(11-12)17(21)20-19-15-9-3-6-13-8-4-10-18-16(13)15/h2,4-5,7-8,10-11H,3,6,9H2,1H3,(H,20,21)/b19-15+. The van der Waals surface area contributed by atoms with Gasteiger partial charge in [-0.3, -0.25) is 9.78 Å². The van der Waals surface area contributed by atoms with Crippen LogP contribution in [0.1, 0.15) is 40.0 Å². The Kier molecular flexibility index (Phi) is 3.77. The Balaban J connectivity index is 1.79. The van der Waals surface area contributed by atoms with Crippen LogP contribution in [0.2, 0.25) is 0 Å². The van der Waals surface area contributed by atoms with Crippen LogP contribution < -0.4 is 5.43 Å². The molecule has 1 N–H and O–H groups in total. The molecule has 21 heavy (non-hydrogen) atoms. The molecule has 2 aromatic rings. The van der Waals surface area contributed by atoms with Crippen molar-refractivity contribution >= 4 is 11.6 Å². The van der Waals surface area contributed by atoms with Crippen LogP contribution in [-0.4, -0.2) is 16.6 Å². The molecule has 0 atom stereocenters. The lowest BCUT2D eigenvalue weighted by molar-refractivity contribution is 0.0954. The molecule has 1 heterocycles. The van der Waals surface area contributed by atoms with Crippen molar-refractivity contribution in [1.29, 1.82) is 0 Å². The number of nitrogens with one attached hydrogen (secondary N) is 1. The number of hydrogen-bond acceptors (Lipinski definition) is 3. The predicted molar refractivity (Wildman–Crippen MR) is 82.4 cm³/mol. The molecule has 3 rings (SSSR count). The Labute approximate surface area is 123 Å². The number of carbonyl (C=O) groups is 1. The third kappa shape index (κ3) is 2.99. The molecule has 1 aliphatic carbocycles. The van der Waals surface area contributed by atoms with Gasteiger partial charge in [0.1, 0.15) is 0 Å². The van der Waals surface area contributed by atoms with Gasteiger partial charge in [0.2, 0.25) is 0 Å². The molecule has 0 saturated heterocycles. The van der Waals surface area contributed by atoms with E-state index in [-0.39, 0.29) is 5.91 Å². The zero-order chi connectivity index (χ0) is 14.7. The second kappa shape index (κ2) is 5.87. The maximum atomic E-state index is 12.1. The van der Waals surface area contributed by atoms with E-state index in [9.17, 15) is 4.79 Å². The summed E-state index contributed by atoms with van der Waals surface area (Å²) >= 11 is 0. The molecule has 0 unspecified atom stereocenters. The van der Waals surface area contributed by atoms with E-state index in [1.165, 1.54) is 5.56 Å². The van der Waals surface area contributed by atoms with Crippen LogP contribution in [0, 0.1) is 6.92 Å². The largest absolute Gasteiger partial charge is 0.271 e. The Bertz CT molecular complexity index is 707. The maximum Gasteiger partial charge on any atom is 0.271 e. The molecule has 0 spiro atoms. The van der Waals surface area contributed by atoms with Gasteiger partial charge in [-0.05, 0) is 49.9 Å². The number of aryl methyl sites for hydroxylation is 2. The summed E-state index contributed by atoms with van der Waals surface area (Å²) in [7, 11) is 0. The van der Waals surface area contributed by atoms with Crippen LogP contribution >= 0.6 is 0 Å². The highest BCUT2D eigenvalue weighted by Gasteiger charge is 2.16. The van der Waals surface area contributed by atoms with Gasteiger partial charge in [-0.1, -0.05) is 23.8 Å². The third-order valence-corrected chi connectivity index (χ3v) is 3.60. The van der Waals surface area contributed by atoms with E-state index < -0.39 is 0 Å². The zero-order valence-electron chi connectivity index (χ0n) is 12.0. The lowest BCUT2D eigenvalue weighted by atomic mass is 9.95. The number of nitrogens with zero attached hydrogens (tertiary/aromatic N) is 2. The monoisotopic (exact) mass is 279 g/mol. The minimum atomic E-state index is -0.186. The molecule has 0 fully saturated rings. The Morgan fingerprint density at radius 2 is 2.14 bits per heavy atom. The minimum absolute atomic E-state index is 0.186. The molecule has 106 valence electrons. The summed E-state index contributed by atoms with van der Waals surface area (Å²) in [5.41, 5.74) is 7.29. The first-order chi connectivity index (χ1) is 10.2. The zero-order valence-corrected chi connectivity index (χ0v) is 12.0. The average molecular weight is 279 g/mol. The summed E-state index contributed by atoms with van der Waals surface area (Å²) in [5, 5.41) is 4.29. The molecule has 1 aromatic carbocycles. The van der Waals surface area contributed by atoms with Crippen LogP contribution in [0.15, 0.2) is 47.7 Å². The normalized spacial score (nSPS) is 15.6. The Morgan fingerprint density at radius 1 is 1.24 bits per heavy atom. The first-order valence-electron chi connectivity index (χ1n) is 7.12. The molecule has 4 heteroatoms. The fourth-order valence-corrected chi connectivity index (χ4v) is 2.54. The van der Waals surface area contributed by atoms with Crippen molar-refractivity contribution in [2.24, 2.45) is 5.10 Å². The number of benzene rings is 1. The van der Waals surface area contributed by atoms with Crippen molar-refractivity contribution in [1.82, 2.24) is 10.4 Å². The van der Waals surface area contributed by atoms with Crippen molar-refractivity contribution in [3.8, 4) is 0 Å². The highest BCUT2D eigenvalue weighted by molar-refractivity contribution is 6.02. The highest BCUT2D eigenvalue weighted by Crippen LogP contribution is 2.19. The van der Waals surface area contributed by atoms with Gasteiger partial charge < -0.3 is 0 Å². The van der Waals surface area contributed by atoms with E-state index in [1.807, 2.05) is 31.2 Å². The van der Waals surface area contributed by atoms with Gasteiger partial charge in [-0.25, -0.2) is 5.43 Å². The lowest BCUT2D eigenvalue weighted by Crippen LogP contribution is -2.22. The summed E-state index contributed by atoms with van der Waals surface area (Å²) in [6, 6.07) is 11.5. The molecule has 0 bridgehead atoms. The van der Waals surface area contributed by atoms with Crippen LogP contribution in [0.4, 0.5) is 0 Å². The topological polar surface area (TPSA) is 54.4 Å². The van der Waals surface area contributed by atoms with E-state index in [4.69, 9.17) is 0 Å². The fourth-order valence-electron chi connectivity index (χ4n) is 2.54. The average Bonchev–Trinajstić information content (AvgIpc) is 2.52. The first-order valence-corrected chi connectivity index (χ1v) is 7.12. The van der Waals surface area contributed by atoms with Gasteiger partial charge in [0, 0.05) is 11.8 Å². The number of hydrazone groups is 1. The van der Waals surface area contributed by atoms with Gasteiger partial charge >= 0.3 is 0 Å². The number of carbonyl (C=O) groups excluding carboxylic acids is 1. The van der Waals surface area contributed by atoms with E-state index in [1.54, 1.807) is 12.3 Å². The molecule has 1 amide bonds. The summed E-state index contributed by atoms with van der Waals surface area (Å²) < 4.78 is 0. The highest BCUT2D eigenvalue weighted by atomic mass is 16.2. The maximum absolute atomic E-state index is 12.1. The number of hydrogen-bond donors (Lipinski definition) is 1. The minimum Gasteiger partial charge on any atom is -0.267 e. The quantitative estimate of drug-likeness (QED) is 0.859. The number of aromatic nitrogens is 1. The van der Waals surface area contributed by atoms with Crippen LogP contribution in [-0.2, 0) is 6.42 Å². The van der Waals surface area contributed by atoms with E-state index in [2.05, 4.69) is 21.6 Å². The van der Waals surface area contributed by atoms with Gasteiger partial charge in [0.05, 0.1) is 11.4 Å². The van der Waals surface area contributed by atoms with Gasteiger partial charge in [0.15, 0.2) is 0 Å². The summed E-state index contributed by atoms with van der Waals surface area (Å²) in [5.74, 6) is -0.186. The SMILES string of the molecule is Cc1cccc(C(=O)N/N=C2\CCCc3cccnc32)c1. The first kappa shape index (κ1) is 13.5. The smallest absolute Gasteiger partial charge is 0.267 e. The molecule has 0 saturated carbocycles. The Hall–Kier alpha value is -2.49. The lowest BCUT2D eigenvalue weighted by Gasteiger charge is -2.16. The van der Waals surface area contributed by atoms with Crippen molar-refractivity contribution in [2.75, 3.05) is 0 Å². The second-order valence-electron chi connectivity index (χ2n) is 5.23. The summed E-state index contributed by atoms with van der Waals surface area (Å²) in [4.78, 5) is 16.5. The third-order valence-electron chi connectivity index (χ3n) is 3.60. The predicted octanol–water partition coefficient (Wildman–Crippen LogP) is 2.86. The molecule has 0 aliphatic heterocycles. The van der Waals surface area contributed by atoms with E-state index in [0.29, 0.717) is 5.56 Å². The number of rotatable bonds is 2. The van der Waals surface area contributed by atoms with Crippen molar-refractivity contribution in [3.63, 3.8) is 0 Å². The molecule has 1 aromatic heterocycles. The van der Waals surface area contributed by atoms with Crippen LogP contribution in [0.25, 0.3) is 0 Å². The van der Waals surface area contributed by atoms with Crippen molar-refractivity contribution < 1.29 is 4.79 Å². The van der Waals surface area contributed by atoms with E-state index in [0.717, 1.165) is 36.2 Å². The number of amides is 1. The van der Waals surface area contributed by atoms with Gasteiger partial charge in [-0.15, -0.1) is 0 Å². The van der Waals surface area contributed by atoms with Gasteiger partial charge in [-0.2, -0.15) is 5.10 Å². The van der Waals surface area contributed by atoms with Crippen molar-refractivity contribution in [2.45, 2.75) is 26.2 Å². The summed E-state index contributed by atoms with van der Waals surface area (Å²) in [6.45, 7) is 1.96. The molecular formula is C17H17N3O. The summed E-state index contributed by atoms with van der Waals surface area (Å²) in [6.07, 6.45) is 4.67.